The number of ether oxygens (including phenoxy) is 1. The molecule has 11 heteroatoms. The first-order chi connectivity index (χ1) is 13.8. The van der Waals surface area contributed by atoms with Crippen molar-refractivity contribution in [3.05, 3.63) is 68.4 Å². The maximum atomic E-state index is 12.9. The average molecular weight is 432 g/mol. The van der Waals surface area contributed by atoms with Crippen LogP contribution in [-0.2, 0) is 10.0 Å². The molecule has 9 nitrogen and oxygen atoms in total. The van der Waals surface area contributed by atoms with E-state index in [2.05, 4.69) is 4.72 Å². The highest BCUT2D eigenvalue weighted by atomic mass is 32.2. The Labute approximate surface area is 167 Å². The molecule has 0 radical (unpaired) electrons. The topological polar surface area (TPSA) is 129 Å². The zero-order valence-electron chi connectivity index (χ0n) is 14.7. The van der Waals surface area contributed by atoms with Gasteiger partial charge in [-0.05, 0) is 18.2 Å². The third kappa shape index (κ3) is 3.30. The standard InChI is InChI=1S/C18H12N2O7S2/c1-26-15-7-6-10(8-14(15)20(22)23)29(24,25)19-13-9-16-17(27-18(21)28-16)12-5-3-2-4-11(12)13/h2-9,19H,1H3. The molecule has 0 amide bonds. The Bertz CT molecular complexity index is 1440. The highest BCUT2D eigenvalue weighted by molar-refractivity contribution is 7.92. The van der Waals surface area contributed by atoms with E-state index in [0.29, 0.717) is 21.1 Å². The molecule has 0 unspecified atom stereocenters. The van der Waals surface area contributed by atoms with Crippen LogP contribution in [0.3, 0.4) is 0 Å². The van der Waals surface area contributed by atoms with Crippen LogP contribution in [0.25, 0.3) is 21.1 Å². The van der Waals surface area contributed by atoms with Crippen molar-refractivity contribution in [1.29, 1.82) is 0 Å². The Hall–Kier alpha value is -3.44. The molecule has 1 N–H and O–H groups in total. The summed E-state index contributed by atoms with van der Waals surface area (Å²) >= 11 is 0.851. The molecule has 0 atom stereocenters. The van der Waals surface area contributed by atoms with Crippen LogP contribution in [0.5, 0.6) is 5.75 Å². The van der Waals surface area contributed by atoms with Gasteiger partial charge >= 0.3 is 10.6 Å². The van der Waals surface area contributed by atoms with Gasteiger partial charge in [-0.25, -0.2) is 13.2 Å². The summed E-state index contributed by atoms with van der Waals surface area (Å²) in [5.41, 5.74) is 0.131. The van der Waals surface area contributed by atoms with Crippen molar-refractivity contribution in [2.75, 3.05) is 11.8 Å². The molecule has 3 aromatic carbocycles. The minimum absolute atomic E-state index is 0.0519. The summed E-state index contributed by atoms with van der Waals surface area (Å²) in [6, 6.07) is 11.7. The summed E-state index contributed by atoms with van der Waals surface area (Å²) in [6.07, 6.45) is 0. The van der Waals surface area contributed by atoms with Gasteiger partial charge < -0.3 is 9.15 Å². The maximum absolute atomic E-state index is 12.9. The van der Waals surface area contributed by atoms with E-state index in [0.717, 1.165) is 17.4 Å². The number of fused-ring (bicyclic) bond motifs is 3. The van der Waals surface area contributed by atoms with Crippen LogP contribution in [0.1, 0.15) is 0 Å². The van der Waals surface area contributed by atoms with Gasteiger partial charge in [0.15, 0.2) is 11.3 Å². The summed E-state index contributed by atoms with van der Waals surface area (Å²) in [5.74, 6) is -0.0519. The first kappa shape index (κ1) is 18.9. The molecule has 0 aliphatic heterocycles. The second kappa shape index (κ2) is 6.87. The number of hydrogen-bond acceptors (Lipinski definition) is 8. The third-order valence-electron chi connectivity index (χ3n) is 4.24. The van der Waals surface area contributed by atoms with Crippen LogP contribution in [0.4, 0.5) is 11.4 Å². The minimum atomic E-state index is -4.16. The van der Waals surface area contributed by atoms with Crippen molar-refractivity contribution in [1.82, 2.24) is 0 Å². The monoisotopic (exact) mass is 432 g/mol. The Morgan fingerprint density at radius 2 is 1.86 bits per heavy atom. The smallest absolute Gasteiger partial charge is 0.396 e. The van der Waals surface area contributed by atoms with Gasteiger partial charge in [-0.1, -0.05) is 35.6 Å². The van der Waals surface area contributed by atoms with Crippen LogP contribution in [0.15, 0.2) is 62.6 Å². The van der Waals surface area contributed by atoms with Crippen molar-refractivity contribution in [2.24, 2.45) is 0 Å². The Morgan fingerprint density at radius 3 is 2.55 bits per heavy atom. The molecule has 148 valence electrons. The van der Waals surface area contributed by atoms with E-state index >= 15 is 0 Å². The second-order valence-electron chi connectivity index (χ2n) is 5.95. The van der Waals surface area contributed by atoms with Gasteiger partial charge in [0.2, 0.25) is 0 Å². The van der Waals surface area contributed by atoms with E-state index in [4.69, 9.17) is 9.15 Å². The molecule has 0 saturated carbocycles. The number of nitro groups is 1. The predicted molar refractivity (Wildman–Crippen MR) is 108 cm³/mol. The van der Waals surface area contributed by atoms with Crippen molar-refractivity contribution in [3.63, 3.8) is 0 Å². The van der Waals surface area contributed by atoms with Crippen molar-refractivity contribution >= 4 is 53.8 Å². The molecule has 29 heavy (non-hydrogen) atoms. The van der Waals surface area contributed by atoms with Crippen LogP contribution in [-0.4, -0.2) is 20.5 Å². The number of anilines is 1. The summed E-state index contributed by atoms with van der Waals surface area (Å²) < 4.78 is 38.9. The van der Waals surface area contributed by atoms with Crippen molar-refractivity contribution in [2.45, 2.75) is 4.90 Å². The van der Waals surface area contributed by atoms with Gasteiger partial charge in [-0.15, -0.1) is 0 Å². The number of hydrogen-bond donors (Lipinski definition) is 1. The Kier molecular flexibility index (Phi) is 4.47. The highest BCUT2D eigenvalue weighted by Gasteiger charge is 2.23. The number of nitrogens with zero attached hydrogens (tertiary/aromatic N) is 1. The summed E-state index contributed by atoms with van der Waals surface area (Å²) in [7, 11) is -2.91. The second-order valence-corrected chi connectivity index (χ2v) is 8.61. The van der Waals surface area contributed by atoms with E-state index in [9.17, 15) is 23.3 Å². The SMILES string of the molecule is COc1ccc(S(=O)(=O)Nc2cc3sc(=O)oc3c3ccccc23)cc1[N+](=O)[O-]. The Balaban J connectivity index is 1.86. The van der Waals surface area contributed by atoms with Crippen LogP contribution >= 0.6 is 11.3 Å². The summed E-state index contributed by atoms with van der Waals surface area (Å²) in [4.78, 5) is 21.3. The number of nitrogens with one attached hydrogen (secondary N) is 1. The van der Waals surface area contributed by atoms with E-state index in [-0.39, 0.29) is 16.3 Å². The van der Waals surface area contributed by atoms with Gasteiger partial charge in [0.1, 0.15) is 0 Å². The van der Waals surface area contributed by atoms with Gasteiger partial charge in [-0.2, -0.15) is 0 Å². The van der Waals surface area contributed by atoms with Gasteiger partial charge in [0.25, 0.3) is 10.0 Å². The number of nitro benzene ring substituents is 1. The van der Waals surface area contributed by atoms with Gasteiger partial charge in [-0.3, -0.25) is 14.8 Å². The fourth-order valence-corrected chi connectivity index (χ4v) is 4.78. The minimum Gasteiger partial charge on any atom is -0.490 e. The van der Waals surface area contributed by atoms with Crippen LogP contribution in [0, 0.1) is 10.1 Å². The van der Waals surface area contributed by atoms with Gasteiger partial charge in [0.05, 0.1) is 27.3 Å². The lowest BCUT2D eigenvalue weighted by atomic mass is 10.1. The highest BCUT2D eigenvalue weighted by Crippen LogP contribution is 2.35. The molecule has 0 saturated heterocycles. The molecule has 0 spiro atoms. The van der Waals surface area contributed by atoms with E-state index < -0.39 is 25.6 Å². The fourth-order valence-electron chi connectivity index (χ4n) is 2.97. The zero-order valence-corrected chi connectivity index (χ0v) is 16.4. The quantitative estimate of drug-likeness (QED) is 0.376. The molecular weight excluding hydrogens is 420 g/mol. The fraction of sp³-hybridized carbons (Fsp3) is 0.0556. The first-order valence-electron chi connectivity index (χ1n) is 8.11. The lowest BCUT2D eigenvalue weighted by Crippen LogP contribution is -2.13. The van der Waals surface area contributed by atoms with Crippen molar-refractivity contribution < 1.29 is 22.5 Å². The summed E-state index contributed by atoms with van der Waals surface area (Å²) in [5, 5.41) is 12.3. The van der Waals surface area contributed by atoms with E-state index in [1.54, 1.807) is 24.3 Å². The van der Waals surface area contributed by atoms with Crippen LogP contribution in [0.2, 0.25) is 0 Å². The number of methoxy groups -OCH3 is 1. The first-order valence-corrected chi connectivity index (χ1v) is 10.4. The molecular formula is C18H12N2O7S2. The molecule has 0 aliphatic carbocycles. The number of benzene rings is 3. The number of rotatable bonds is 5. The normalized spacial score (nSPS) is 11.6. The Morgan fingerprint density at radius 1 is 1.14 bits per heavy atom. The van der Waals surface area contributed by atoms with Gasteiger partial charge in [0, 0.05) is 16.8 Å². The largest absolute Gasteiger partial charge is 0.490 e. The van der Waals surface area contributed by atoms with E-state index in [1.807, 2.05) is 0 Å². The molecule has 1 aromatic heterocycles. The van der Waals surface area contributed by atoms with E-state index in [1.165, 1.54) is 25.3 Å². The molecule has 1 heterocycles. The molecule has 0 bridgehead atoms. The molecule has 4 rings (SSSR count). The summed E-state index contributed by atoms with van der Waals surface area (Å²) in [6.45, 7) is 0. The van der Waals surface area contributed by atoms with Crippen LogP contribution < -0.4 is 14.4 Å². The maximum Gasteiger partial charge on any atom is 0.396 e. The van der Waals surface area contributed by atoms with Crippen molar-refractivity contribution in [3.8, 4) is 5.75 Å². The predicted octanol–water partition coefficient (Wildman–Crippen LogP) is 3.73. The third-order valence-corrected chi connectivity index (χ3v) is 6.38. The number of sulfonamides is 1. The molecule has 0 aliphatic rings. The molecule has 0 fully saturated rings. The molecule has 4 aromatic rings. The average Bonchev–Trinajstić information content (AvgIpc) is 3.07. The lowest BCUT2D eigenvalue weighted by molar-refractivity contribution is -0.386. The lowest BCUT2D eigenvalue weighted by Gasteiger charge is -2.12. The zero-order chi connectivity index (χ0) is 20.8.